The molecule has 0 aliphatic heterocycles. The maximum Gasteiger partial charge on any atom is 0.508 e. The third kappa shape index (κ3) is 3.75. The molecule has 0 amide bonds. The molecule has 0 fully saturated rings. The number of carbonyl (C=O) groups is 1. The van der Waals surface area contributed by atoms with E-state index >= 15 is 0 Å². The zero-order valence-electron chi connectivity index (χ0n) is 7.23. The molecule has 0 saturated heterocycles. The molecule has 1 aromatic heterocycles. The van der Waals surface area contributed by atoms with Crippen LogP contribution in [0.2, 0.25) is 0 Å². The predicted molar refractivity (Wildman–Crippen MR) is 51.7 cm³/mol. The molecule has 1 aromatic rings. The molecule has 0 saturated carbocycles. The molecule has 0 N–H and O–H groups in total. The highest BCUT2D eigenvalue weighted by Crippen LogP contribution is 2.09. The van der Waals surface area contributed by atoms with E-state index in [-0.39, 0.29) is 6.61 Å². The minimum atomic E-state index is -0.657. The lowest BCUT2D eigenvalue weighted by atomic mass is 10.4. The van der Waals surface area contributed by atoms with Crippen molar-refractivity contribution in [1.82, 2.24) is 0 Å². The number of hydrogen-bond acceptors (Lipinski definition) is 4. The maximum absolute atomic E-state index is 10.5. The Kier molecular flexibility index (Phi) is 4.05. The molecule has 0 atom stereocenters. The number of rotatable bonds is 3. The van der Waals surface area contributed by atoms with Gasteiger partial charge in [0, 0.05) is 4.88 Å². The van der Waals surface area contributed by atoms with Gasteiger partial charge >= 0.3 is 6.16 Å². The maximum atomic E-state index is 10.5. The Morgan fingerprint density at radius 2 is 2.54 bits per heavy atom. The molecule has 4 heteroatoms. The van der Waals surface area contributed by atoms with E-state index in [4.69, 9.17) is 0 Å². The fourth-order valence-corrected chi connectivity index (χ4v) is 1.37. The van der Waals surface area contributed by atoms with Crippen LogP contribution in [0.5, 0.6) is 0 Å². The Hall–Kier alpha value is -1.29. The largest absolute Gasteiger partial charge is 0.508 e. The van der Waals surface area contributed by atoms with Gasteiger partial charge in [-0.05, 0) is 23.6 Å². The van der Waals surface area contributed by atoms with Crippen LogP contribution in [0.15, 0.2) is 23.6 Å². The van der Waals surface area contributed by atoms with E-state index in [2.05, 4.69) is 9.47 Å². The van der Waals surface area contributed by atoms with Gasteiger partial charge in [0.2, 0.25) is 0 Å². The highest BCUT2D eigenvalue weighted by atomic mass is 32.1. The molecule has 0 aromatic carbocycles. The van der Waals surface area contributed by atoms with Crippen molar-refractivity contribution in [2.75, 3.05) is 13.7 Å². The van der Waals surface area contributed by atoms with Gasteiger partial charge in [0.25, 0.3) is 0 Å². The fourth-order valence-electron chi connectivity index (χ4n) is 0.725. The molecule has 0 radical (unpaired) electrons. The summed E-state index contributed by atoms with van der Waals surface area (Å²) in [6, 6.07) is 3.95. The average molecular weight is 198 g/mol. The Balaban J connectivity index is 2.23. The van der Waals surface area contributed by atoms with E-state index in [9.17, 15) is 4.79 Å². The number of carbonyl (C=O) groups excluding carboxylic acids is 1. The van der Waals surface area contributed by atoms with E-state index in [1.54, 1.807) is 17.4 Å². The molecule has 70 valence electrons. The molecule has 13 heavy (non-hydrogen) atoms. The summed E-state index contributed by atoms with van der Waals surface area (Å²) in [5.74, 6) is 0. The van der Waals surface area contributed by atoms with Crippen molar-refractivity contribution in [1.29, 1.82) is 0 Å². The summed E-state index contributed by atoms with van der Waals surface area (Å²) in [6.07, 6.45) is 3.01. The van der Waals surface area contributed by atoms with Crippen LogP contribution >= 0.6 is 11.3 Å². The number of hydrogen-bond donors (Lipinski definition) is 0. The van der Waals surface area contributed by atoms with Crippen LogP contribution in [-0.4, -0.2) is 19.9 Å². The van der Waals surface area contributed by atoms with Crippen LogP contribution in [-0.2, 0) is 9.47 Å². The predicted octanol–water partition coefficient (Wildman–Crippen LogP) is 2.54. The summed E-state index contributed by atoms with van der Waals surface area (Å²) < 4.78 is 8.94. The van der Waals surface area contributed by atoms with Crippen LogP contribution in [0, 0.1) is 0 Å². The summed E-state index contributed by atoms with van der Waals surface area (Å²) in [6.45, 7) is 0.241. The zero-order chi connectivity index (χ0) is 9.52. The Morgan fingerprint density at radius 1 is 1.69 bits per heavy atom. The van der Waals surface area contributed by atoms with Crippen LogP contribution in [0.4, 0.5) is 4.79 Å². The lowest BCUT2D eigenvalue weighted by Crippen LogP contribution is -2.03. The average Bonchev–Trinajstić information content (AvgIpc) is 2.64. The van der Waals surface area contributed by atoms with Gasteiger partial charge in [0.05, 0.1) is 7.11 Å². The van der Waals surface area contributed by atoms with Gasteiger partial charge in [-0.15, -0.1) is 11.3 Å². The van der Waals surface area contributed by atoms with Crippen LogP contribution in [0.3, 0.4) is 0 Å². The Morgan fingerprint density at radius 3 is 3.15 bits per heavy atom. The van der Waals surface area contributed by atoms with E-state index in [0.29, 0.717) is 0 Å². The number of thiophene rings is 1. The van der Waals surface area contributed by atoms with Crippen LogP contribution in [0.1, 0.15) is 4.88 Å². The molecule has 0 aliphatic rings. The topological polar surface area (TPSA) is 35.5 Å². The smallest absolute Gasteiger partial charge is 0.438 e. The number of methoxy groups -OCH3 is 1. The zero-order valence-corrected chi connectivity index (χ0v) is 8.04. The van der Waals surface area contributed by atoms with E-state index in [1.165, 1.54) is 7.11 Å². The normalized spacial score (nSPS) is 10.2. The van der Waals surface area contributed by atoms with Crippen molar-refractivity contribution < 1.29 is 14.3 Å². The van der Waals surface area contributed by atoms with E-state index in [1.807, 2.05) is 23.6 Å². The van der Waals surface area contributed by atoms with Gasteiger partial charge in [0.1, 0.15) is 6.61 Å². The molecule has 0 aliphatic carbocycles. The second kappa shape index (κ2) is 5.37. The molecule has 3 nitrogen and oxygen atoms in total. The van der Waals surface area contributed by atoms with Crippen molar-refractivity contribution >= 4 is 23.6 Å². The quantitative estimate of drug-likeness (QED) is 0.700. The number of ether oxygens (including phenoxy) is 2. The lowest BCUT2D eigenvalue weighted by molar-refractivity contribution is 0.0819. The summed E-state index contributed by atoms with van der Waals surface area (Å²) in [5.41, 5.74) is 0. The highest BCUT2D eigenvalue weighted by Gasteiger charge is 1.95. The van der Waals surface area contributed by atoms with Gasteiger partial charge < -0.3 is 9.47 Å². The standard InChI is InChI=1S/C9H10O3S/c1-11-9(10)12-6-2-4-8-5-3-7-13-8/h2-5,7H,6H2,1H3. The van der Waals surface area contributed by atoms with Crippen molar-refractivity contribution in [2.24, 2.45) is 0 Å². The molecule has 1 rings (SSSR count). The third-order valence-electron chi connectivity index (χ3n) is 1.29. The second-order valence-corrected chi connectivity index (χ2v) is 3.16. The van der Waals surface area contributed by atoms with Gasteiger partial charge in [-0.3, -0.25) is 0 Å². The third-order valence-corrected chi connectivity index (χ3v) is 2.13. The Bertz CT molecular complexity index is 277. The summed E-state index contributed by atoms with van der Waals surface area (Å²) in [5, 5.41) is 1.99. The molecular weight excluding hydrogens is 188 g/mol. The summed E-state index contributed by atoms with van der Waals surface area (Å²) in [4.78, 5) is 11.6. The monoisotopic (exact) mass is 198 g/mol. The van der Waals surface area contributed by atoms with Crippen LogP contribution in [0.25, 0.3) is 6.08 Å². The first kappa shape index (κ1) is 9.80. The van der Waals surface area contributed by atoms with Crippen molar-refractivity contribution in [3.8, 4) is 0 Å². The molecule has 1 heterocycles. The molecule has 0 unspecified atom stereocenters. The van der Waals surface area contributed by atoms with Crippen molar-refractivity contribution in [3.05, 3.63) is 28.5 Å². The first-order chi connectivity index (χ1) is 6.33. The van der Waals surface area contributed by atoms with E-state index in [0.717, 1.165) is 4.88 Å². The van der Waals surface area contributed by atoms with Crippen LogP contribution < -0.4 is 0 Å². The lowest BCUT2D eigenvalue weighted by Gasteiger charge is -1.96. The summed E-state index contributed by atoms with van der Waals surface area (Å²) >= 11 is 1.63. The molecule has 0 spiro atoms. The minimum Gasteiger partial charge on any atom is -0.438 e. The molecular formula is C9H10O3S. The van der Waals surface area contributed by atoms with E-state index < -0.39 is 6.16 Å². The highest BCUT2D eigenvalue weighted by molar-refractivity contribution is 7.10. The SMILES string of the molecule is COC(=O)OCC=Cc1cccs1. The minimum absolute atomic E-state index is 0.241. The Labute approximate surface area is 80.6 Å². The van der Waals surface area contributed by atoms with Gasteiger partial charge in [0.15, 0.2) is 0 Å². The first-order valence-corrected chi connectivity index (χ1v) is 4.61. The van der Waals surface area contributed by atoms with Gasteiger partial charge in [-0.25, -0.2) is 4.79 Å². The summed E-state index contributed by atoms with van der Waals surface area (Å²) in [7, 11) is 1.28. The van der Waals surface area contributed by atoms with Gasteiger partial charge in [-0.1, -0.05) is 6.07 Å². The van der Waals surface area contributed by atoms with Crippen molar-refractivity contribution in [2.45, 2.75) is 0 Å². The first-order valence-electron chi connectivity index (χ1n) is 3.73. The van der Waals surface area contributed by atoms with Crippen molar-refractivity contribution in [3.63, 3.8) is 0 Å². The van der Waals surface area contributed by atoms with Gasteiger partial charge in [-0.2, -0.15) is 0 Å². The molecule has 0 bridgehead atoms. The second-order valence-electron chi connectivity index (χ2n) is 2.18. The fraction of sp³-hybridized carbons (Fsp3) is 0.222.